The molecule has 2 rings (SSSR count). The summed E-state index contributed by atoms with van der Waals surface area (Å²) >= 11 is 0. The Morgan fingerprint density at radius 1 is 0.739 bits per heavy atom. The van der Waals surface area contributed by atoms with Crippen LogP contribution in [0.15, 0.2) is 60.7 Å². The van der Waals surface area contributed by atoms with Gasteiger partial charge in [-0.15, -0.1) is 0 Å². The molecule has 0 amide bonds. The molecule has 4 heteroatoms. The van der Waals surface area contributed by atoms with Crippen molar-refractivity contribution >= 4 is 9.28 Å². The molecule has 0 aliphatic heterocycles. The maximum absolute atomic E-state index is 5.94. The molecule has 2 aromatic carbocycles. The fraction of sp³-hybridized carbons (Fsp3) is 0.368. The van der Waals surface area contributed by atoms with E-state index in [9.17, 15) is 0 Å². The third-order valence-electron chi connectivity index (χ3n) is 3.42. The van der Waals surface area contributed by atoms with Gasteiger partial charge in [-0.3, -0.25) is 0 Å². The van der Waals surface area contributed by atoms with Gasteiger partial charge in [-0.1, -0.05) is 60.7 Å². The first-order valence-electron chi connectivity index (χ1n) is 8.15. The molecule has 0 unspecified atom stereocenters. The minimum Gasteiger partial charge on any atom is -0.392 e. The number of hydrogen-bond donors (Lipinski definition) is 0. The van der Waals surface area contributed by atoms with Gasteiger partial charge in [0.2, 0.25) is 0 Å². The van der Waals surface area contributed by atoms with Crippen LogP contribution in [-0.2, 0) is 26.4 Å². The topological polar surface area (TPSA) is 27.7 Å². The first kappa shape index (κ1) is 17.9. The molecule has 1 radical (unpaired) electrons. The summed E-state index contributed by atoms with van der Waals surface area (Å²) in [7, 11) is -1.37. The van der Waals surface area contributed by atoms with Gasteiger partial charge >= 0.3 is 9.28 Å². The van der Waals surface area contributed by atoms with Crippen LogP contribution in [-0.4, -0.2) is 35.3 Å². The molecule has 0 aliphatic carbocycles. The van der Waals surface area contributed by atoms with Crippen LogP contribution in [0.1, 0.15) is 18.1 Å². The van der Waals surface area contributed by atoms with E-state index in [-0.39, 0.29) is 0 Å². The number of benzene rings is 2. The maximum Gasteiger partial charge on any atom is 0.413 e. The maximum atomic E-state index is 5.94. The van der Waals surface area contributed by atoms with Crippen LogP contribution in [0.4, 0.5) is 0 Å². The minimum absolute atomic E-state index is 0.574. The Morgan fingerprint density at radius 2 is 1.22 bits per heavy atom. The average molecular weight is 329 g/mol. The van der Waals surface area contributed by atoms with Crippen molar-refractivity contribution in [2.24, 2.45) is 0 Å². The van der Waals surface area contributed by atoms with Crippen molar-refractivity contribution in [3.8, 4) is 0 Å². The summed E-state index contributed by atoms with van der Waals surface area (Å²) in [5.74, 6) is 0. The van der Waals surface area contributed by atoms with Crippen LogP contribution in [0.2, 0.25) is 0 Å². The first-order chi connectivity index (χ1) is 11.4. The molecule has 0 fully saturated rings. The molecule has 0 saturated carbocycles. The van der Waals surface area contributed by atoms with Gasteiger partial charge in [-0.2, -0.15) is 0 Å². The van der Waals surface area contributed by atoms with Gasteiger partial charge in [-0.05, 0) is 30.9 Å². The third kappa shape index (κ3) is 7.57. The highest BCUT2D eigenvalue weighted by molar-refractivity contribution is 6.44. The van der Waals surface area contributed by atoms with Gasteiger partial charge in [-0.25, -0.2) is 0 Å². The van der Waals surface area contributed by atoms with E-state index < -0.39 is 9.28 Å². The zero-order valence-electron chi connectivity index (χ0n) is 13.7. The zero-order valence-corrected chi connectivity index (χ0v) is 14.7. The Morgan fingerprint density at radius 3 is 1.65 bits per heavy atom. The summed E-state index contributed by atoms with van der Waals surface area (Å²) < 4.78 is 17.4. The zero-order chi connectivity index (χ0) is 16.2. The van der Waals surface area contributed by atoms with Gasteiger partial charge in [0.25, 0.3) is 0 Å². The fourth-order valence-electron chi connectivity index (χ4n) is 2.17. The molecule has 0 N–H and O–H groups in total. The van der Waals surface area contributed by atoms with Crippen molar-refractivity contribution in [1.82, 2.24) is 0 Å². The van der Waals surface area contributed by atoms with Crippen molar-refractivity contribution < 1.29 is 13.6 Å². The molecule has 0 aliphatic rings. The molecule has 0 aromatic heterocycles. The lowest BCUT2D eigenvalue weighted by molar-refractivity contribution is 0.127. The summed E-state index contributed by atoms with van der Waals surface area (Å²) in [5.41, 5.74) is 2.57. The second kappa shape index (κ2) is 11.1. The van der Waals surface area contributed by atoms with E-state index in [1.54, 1.807) is 0 Å². The Balaban J connectivity index is 1.70. The summed E-state index contributed by atoms with van der Waals surface area (Å²) in [4.78, 5) is 0. The van der Waals surface area contributed by atoms with Crippen molar-refractivity contribution in [3.63, 3.8) is 0 Å². The van der Waals surface area contributed by atoms with Gasteiger partial charge in [0.15, 0.2) is 0 Å². The monoisotopic (exact) mass is 329 g/mol. The molecule has 23 heavy (non-hydrogen) atoms. The van der Waals surface area contributed by atoms with Gasteiger partial charge in [0.05, 0.1) is 6.23 Å². The van der Waals surface area contributed by atoms with Crippen LogP contribution >= 0.6 is 0 Å². The van der Waals surface area contributed by atoms with Crippen LogP contribution in [0.25, 0.3) is 0 Å². The predicted octanol–water partition coefficient (Wildman–Crippen LogP) is 3.57. The van der Waals surface area contributed by atoms with Crippen LogP contribution in [0, 0.1) is 0 Å². The molecule has 0 saturated heterocycles. The second-order valence-electron chi connectivity index (χ2n) is 5.18. The Bertz CT molecular complexity index is 473. The molecule has 123 valence electrons. The summed E-state index contributed by atoms with van der Waals surface area (Å²) in [6.07, 6.45) is 2.39. The van der Waals surface area contributed by atoms with Crippen molar-refractivity contribution in [2.45, 2.75) is 19.8 Å². The highest BCUT2D eigenvalue weighted by Gasteiger charge is 2.16. The summed E-state index contributed by atoms with van der Waals surface area (Å²) in [5, 5.41) is 0. The Kier molecular flexibility index (Phi) is 8.66. The van der Waals surface area contributed by atoms with Crippen LogP contribution in [0.3, 0.4) is 0 Å². The lowest BCUT2D eigenvalue weighted by Gasteiger charge is -2.15. The van der Waals surface area contributed by atoms with E-state index in [2.05, 4.69) is 48.5 Å². The molecule has 2 aromatic rings. The van der Waals surface area contributed by atoms with Crippen molar-refractivity contribution in [2.75, 3.05) is 26.1 Å². The van der Waals surface area contributed by atoms with Gasteiger partial charge in [0.1, 0.15) is 0 Å². The number of hydrogen-bond acceptors (Lipinski definition) is 3. The second-order valence-corrected chi connectivity index (χ2v) is 6.79. The quantitative estimate of drug-likeness (QED) is 0.590. The first-order valence-corrected chi connectivity index (χ1v) is 9.68. The normalized spacial score (nSPS) is 11.0. The SMILES string of the molecule is CCOC[Si](OCCc1ccccc1)OCCc1ccccc1. The molecule has 0 spiro atoms. The highest BCUT2D eigenvalue weighted by atomic mass is 28.3. The van der Waals surface area contributed by atoms with E-state index in [1.165, 1.54) is 11.1 Å². The molecular formula is C19H25O3Si. The Hall–Kier alpha value is -1.46. The fourth-order valence-corrected chi connectivity index (χ4v) is 3.45. The van der Waals surface area contributed by atoms with E-state index in [4.69, 9.17) is 13.6 Å². The minimum atomic E-state index is -1.37. The predicted molar refractivity (Wildman–Crippen MR) is 94.4 cm³/mol. The lowest BCUT2D eigenvalue weighted by Crippen LogP contribution is -2.31. The van der Waals surface area contributed by atoms with Gasteiger partial charge in [0, 0.05) is 19.8 Å². The van der Waals surface area contributed by atoms with Crippen molar-refractivity contribution in [1.29, 1.82) is 0 Å². The smallest absolute Gasteiger partial charge is 0.392 e. The molecule has 0 bridgehead atoms. The standard InChI is InChI=1S/C19H25O3Si/c1-2-20-17-23(21-15-13-18-9-5-3-6-10-18)22-16-14-19-11-7-4-8-12-19/h3-12H,2,13-17H2,1H3. The van der Waals surface area contributed by atoms with E-state index >= 15 is 0 Å². The molecule has 0 atom stereocenters. The summed E-state index contributed by atoms with van der Waals surface area (Å²) in [6.45, 7) is 4.04. The number of ether oxygens (including phenoxy) is 1. The Labute approximate surface area is 141 Å². The lowest BCUT2D eigenvalue weighted by atomic mass is 10.2. The van der Waals surface area contributed by atoms with E-state index in [0.29, 0.717) is 26.1 Å². The van der Waals surface area contributed by atoms with E-state index in [0.717, 1.165) is 12.8 Å². The molecule has 0 heterocycles. The van der Waals surface area contributed by atoms with Crippen LogP contribution in [0.5, 0.6) is 0 Å². The van der Waals surface area contributed by atoms with Crippen LogP contribution < -0.4 is 0 Å². The molecular weight excluding hydrogens is 304 g/mol. The molecule has 3 nitrogen and oxygen atoms in total. The number of rotatable bonds is 11. The largest absolute Gasteiger partial charge is 0.413 e. The highest BCUT2D eigenvalue weighted by Crippen LogP contribution is 2.03. The van der Waals surface area contributed by atoms with Gasteiger partial charge < -0.3 is 13.6 Å². The summed E-state index contributed by atoms with van der Waals surface area (Å²) in [6, 6.07) is 20.8. The van der Waals surface area contributed by atoms with E-state index in [1.807, 2.05) is 19.1 Å². The van der Waals surface area contributed by atoms with Crippen molar-refractivity contribution in [3.05, 3.63) is 71.8 Å². The third-order valence-corrected chi connectivity index (χ3v) is 4.91. The average Bonchev–Trinajstić information content (AvgIpc) is 2.61.